The monoisotopic (exact) mass is 414 g/mol. The average Bonchev–Trinajstić information content (AvgIpc) is 2.72. The summed E-state index contributed by atoms with van der Waals surface area (Å²) >= 11 is 6.23. The van der Waals surface area contributed by atoms with Crippen molar-refractivity contribution in [3.05, 3.63) is 76.9 Å². The molecule has 0 saturated heterocycles. The minimum atomic E-state index is -1.31. The fraction of sp³-hybridized carbons (Fsp3) is 0.100. The molecule has 8 heteroatoms. The highest BCUT2D eigenvalue weighted by molar-refractivity contribution is 7.83. The second-order valence-electron chi connectivity index (χ2n) is 5.97. The summed E-state index contributed by atoms with van der Waals surface area (Å²) < 4.78 is 14.4. The molecule has 144 valence electrons. The number of hydrogen-bond acceptors (Lipinski definition) is 4. The van der Waals surface area contributed by atoms with Gasteiger partial charge in [-0.3, -0.25) is 9.78 Å². The van der Waals surface area contributed by atoms with Crippen LogP contribution in [0.4, 0.5) is 5.69 Å². The minimum Gasteiger partial charge on any atom is -0.399 e. The molecule has 6 nitrogen and oxygen atoms in total. The van der Waals surface area contributed by atoms with Crippen LogP contribution in [-0.4, -0.2) is 22.1 Å². The van der Waals surface area contributed by atoms with Gasteiger partial charge in [-0.2, -0.15) is 0 Å². The summed E-state index contributed by atoms with van der Waals surface area (Å²) in [6.07, 6.45) is 1.52. The van der Waals surface area contributed by atoms with E-state index < -0.39 is 11.0 Å². The summed E-state index contributed by atoms with van der Waals surface area (Å²) in [6.45, 7) is 0.251. The molecule has 1 amide bonds. The molecule has 3 aromatic rings. The van der Waals surface area contributed by atoms with Gasteiger partial charge in [-0.15, -0.1) is 0 Å². The largest absolute Gasteiger partial charge is 0.399 e. The number of pyridine rings is 1. The van der Waals surface area contributed by atoms with Gasteiger partial charge in [0.05, 0.1) is 16.2 Å². The van der Waals surface area contributed by atoms with Crippen LogP contribution in [0, 0.1) is 0 Å². The Hall–Kier alpha value is -2.74. The standard InChI is InChI=1S/C20H19ClN4O2S/c1-23-28(27)17-7-5-14(18(21)10-17)11-25-20(26)15-6-8-19(24-12-15)13-3-2-4-16(22)9-13/h2-10,12,23H,11,22H2,1H3,(H,25,26). The Morgan fingerprint density at radius 3 is 2.64 bits per heavy atom. The zero-order valence-electron chi connectivity index (χ0n) is 15.1. The van der Waals surface area contributed by atoms with Crippen molar-refractivity contribution in [2.75, 3.05) is 12.8 Å². The maximum absolute atomic E-state index is 12.4. The smallest absolute Gasteiger partial charge is 0.253 e. The fourth-order valence-electron chi connectivity index (χ4n) is 2.58. The van der Waals surface area contributed by atoms with Crippen LogP contribution in [-0.2, 0) is 17.5 Å². The van der Waals surface area contributed by atoms with Crippen molar-refractivity contribution in [3.63, 3.8) is 0 Å². The molecule has 2 aromatic carbocycles. The molecule has 0 fully saturated rings. The van der Waals surface area contributed by atoms with Crippen molar-refractivity contribution in [1.29, 1.82) is 0 Å². The first-order chi connectivity index (χ1) is 13.5. The third-order valence-corrected chi connectivity index (χ3v) is 5.48. The van der Waals surface area contributed by atoms with Gasteiger partial charge in [0.1, 0.15) is 11.0 Å². The molecule has 0 saturated carbocycles. The van der Waals surface area contributed by atoms with Gasteiger partial charge in [-0.25, -0.2) is 8.93 Å². The van der Waals surface area contributed by atoms with Gasteiger partial charge < -0.3 is 11.1 Å². The molecule has 3 rings (SSSR count). The molecule has 0 aliphatic rings. The molecule has 0 radical (unpaired) electrons. The minimum absolute atomic E-state index is 0.251. The topological polar surface area (TPSA) is 97.1 Å². The van der Waals surface area contributed by atoms with Crippen molar-refractivity contribution in [2.24, 2.45) is 0 Å². The van der Waals surface area contributed by atoms with E-state index in [9.17, 15) is 9.00 Å². The van der Waals surface area contributed by atoms with E-state index >= 15 is 0 Å². The number of carbonyl (C=O) groups is 1. The number of nitrogens with two attached hydrogens (primary N) is 1. The number of aromatic nitrogens is 1. The molecule has 0 spiro atoms. The van der Waals surface area contributed by atoms with Gasteiger partial charge in [-0.1, -0.05) is 29.8 Å². The Balaban J connectivity index is 1.66. The molecular formula is C20H19ClN4O2S. The zero-order chi connectivity index (χ0) is 20.1. The number of nitrogen functional groups attached to an aromatic ring is 1. The van der Waals surface area contributed by atoms with Gasteiger partial charge in [0.2, 0.25) is 0 Å². The van der Waals surface area contributed by atoms with Crippen LogP contribution in [0.1, 0.15) is 15.9 Å². The van der Waals surface area contributed by atoms with Gasteiger partial charge in [-0.05, 0) is 49.0 Å². The molecule has 4 N–H and O–H groups in total. The predicted octanol–water partition coefficient (Wildman–Crippen LogP) is 3.16. The molecule has 1 atom stereocenters. The van der Waals surface area contributed by atoms with Gasteiger partial charge >= 0.3 is 0 Å². The van der Waals surface area contributed by atoms with E-state index in [1.807, 2.05) is 18.2 Å². The lowest BCUT2D eigenvalue weighted by Crippen LogP contribution is -2.23. The molecule has 1 heterocycles. The van der Waals surface area contributed by atoms with Gasteiger partial charge in [0, 0.05) is 29.0 Å². The van der Waals surface area contributed by atoms with Crippen LogP contribution < -0.4 is 15.8 Å². The quantitative estimate of drug-likeness (QED) is 0.540. The van der Waals surface area contributed by atoms with E-state index in [1.54, 1.807) is 43.4 Å². The van der Waals surface area contributed by atoms with E-state index in [0.717, 1.165) is 16.8 Å². The Morgan fingerprint density at radius 2 is 2.00 bits per heavy atom. The van der Waals surface area contributed by atoms with Crippen molar-refractivity contribution in [2.45, 2.75) is 11.4 Å². The van der Waals surface area contributed by atoms with Crippen molar-refractivity contribution >= 4 is 34.2 Å². The first kappa shape index (κ1) is 20.0. The number of benzene rings is 2. The first-order valence-electron chi connectivity index (χ1n) is 8.45. The summed E-state index contributed by atoms with van der Waals surface area (Å²) in [6, 6.07) is 16.0. The number of halogens is 1. The Kier molecular flexibility index (Phi) is 6.41. The van der Waals surface area contributed by atoms with Crippen LogP contribution in [0.25, 0.3) is 11.3 Å². The van der Waals surface area contributed by atoms with E-state index in [1.165, 1.54) is 6.20 Å². The lowest BCUT2D eigenvalue weighted by molar-refractivity contribution is 0.0950. The van der Waals surface area contributed by atoms with E-state index in [0.29, 0.717) is 21.2 Å². The summed E-state index contributed by atoms with van der Waals surface area (Å²) in [5.74, 6) is -0.259. The van der Waals surface area contributed by atoms with Crippen LogP contribution in [0.5, 0.6) is 0 Å². The molecule has 1 unspecified atom stereocenters. The SMILES string of the molecule is CNS(=O)c1ccc(CNC(=O)c2ccc(-c3cccc(N)c3)nc2)c(Cl)c1. The molecule has 0 aliphatic carbocycles. The van der Waals surface area contributed by atoms with Crippen LogP contribution in [0.3, 0.4) is 0 Å². The fourth-order valence-corrected chi connectivity index (χ4v) is 3.54. The van der Waals surface area contributed by atoms with E-state index in [4.69, 9.17) is 17.3 Å². The van der Waals surface area contributed by atoms with Crippen LogP contribution in [0.2, 0.25) is 5.02 Å². The number of anilines is 1. The van der Waals surface area contributed by atoms with Crippen molar-refractivity contribution < 1.29 is 9.00 Å². The second kappa shape index (κ2) is 8.97. The summed E-state index contributed by atoms with van der Waals surface area (Å²) in [4.78, 5) is 17.3. The average molecular weight is 415 g/mol. The highest BCUT2D eigenvalue weighted by atomic mass is 35.5. The molecule has 28 heavy (non-hydrogen) atoms. The number of hydrogen-bond donors (Lipinski definition) is 3. The Morgan fingerprint density at radius 1 is 1.18 bits per heavy atom. The summed E-state index contributed by atoms with van der Waals surface area (Å²) in [5, 5.41) is 3.25. The van der Waals surface area contributed by atoms with Crippen LogP contribution >= 0.6 is 11.6 Å². The predicted molar refractivity (Wildman–Crippen MR) is 112 cm³/mol. The summed E-state index contributed by atoms with van der Waals surface area (Å²) in [5.41, 5.74) is 9.24. The number of nitrogens with one attached hydrogen (secondary N) is 2. The molecule has 0 bridgehead atoms. The number of amides is 1. The van der Waals surface area contributed by atoms with Crippen molar-refractivity contribution in [1.82, 2.24) is 15.0 Å². The maximum Gasteiger partial charge on any atom is 0.253 e. The number of rotatable bonds is 6. The highest BCUT2D eigenvalue weighted by Crippen LogP contribution is 2.21. The number of carbonyl (C=O) groups excluding carboxylic acids is 1. The zero-order valence-corrected chi connectivity index (χ0v) is 16.7. The van der Waals surface area contributed by atoms with Gasteiger partial charge in [0.15, 0.2) is 0 Å². The normalized spacial score (nSPS) is 11.8. The van der Waals surface area contributed by atoms with Crippen LogP contribution in [0.15, 0.2) is 65.7 Å². The molecule has 1 aromatic heterocycles. The third kappa shape index (κ3) is 4.75. The number of nitrogens with zero attached hydrogens (tertiary/aromatic N) is 1. The Labute approximate surface area is 170 Å². The second-order valence-corrected chi connectivity index (χ2v) is 7.79. The lowest BCUT2D eigenvalue weighted by atomic mass is 10.1. The molecule has 0 aliphatic heterocycles. The van der Waals surface area contributed by atoms with Crippen molar-refractivity contribution in [3.8, 4) is 11.3 Å². The third-order valence-electron chi connectivity index (χ3n) is 4.07. The van der Waals surface area contributed by atoms with Gasteiger partial charge in [0.25, 0.3) is 5.91 Å². The first-order valence-corrected chi connectivity index (χ1v) is 9.98. The summed E-state index contributed by atoms with van der Waals surface area (Å²) in [7, 11) is 0.292. The Bertz CT molecular complexity index is 1020. The lowest BCUT2D eigenvalue weighted by Gasteiger charge is -2.09. The van der Waals surface area contributed by atoms with E-state index in [2.05, 4.69) is 15.0 Å². The maximum atomic E-state index is 12.4. The molecular weight excluding hydrogens is 396 g/mol. The highest BCUT2D eigenvalue weighted by Gasteiger charge is 2.10. The van der Waals surface area contributed by atoms with E-state index in [-0.39, 0.29) is 12.5 Å².